The van der Waals surface area contributed by atoms with E-state index in [1.54, 1.807) is 0 Å². The second-order valence-electron chi connectivity index (χ2n) is 8.05. The first-order chi connectivity index (χ1) is 14.9. The van der Waals surface area contributed by atoms with Gasteiger partial charge in [-0.15, -0.1) is 6.58 Å². The first kappa shape index (κ1) is 21.3. The predicted octanol–water partition coefficient (Wildman–Crippen LogP) is 8.62. The summed E-state index contributed by atoms with van der Waals surface area (Å²) in [5.41, 5.74) is 0.499. The number of halogens is 5. The van der Waals surface area contributed by atoms with Crippen molar-refractivity contribution >= 4 is 16.8 Å². The fourth-order valence-corrected chi connectivity index (χ4v) is 4.49. The van der Waals surface area contributed by atoms with E-state index in [1.165, 1.54) is 42.5 Å². The molecule has 1 fully saturated rings. The zero-order valence-corrected chi connectivity index (χ0v) is 16.8. The highest BCUT2D eigenvalue weighted by atomic mass is 19.3. The van der Waals surface area contributed by atoms with Crippen molar-refractivity contribution in [3.8, 4) is 11.1 Å². The summed E-state index contributed by atoms with van der Waals surface area (Å²) in [5, 5.41) is 0.479. The number of benzene rings is 3. The van der Waals surface area contributed by atoms with Crippen LogP contribution in [0.15, 0.2) is 61.2 Å². The highest BCUT2D eigenvalue weighted by Gasteiger charge is 2.23. The van der Waals surface area contributed by atoms with Gasteiger partial charge < -0.3 is 0 Å². The van der Waals surface area contributed by atoms with Crippen LogP contribution in [-0.4, -0.2) is 0 Å². The summed E-state index contributed by atoms with van der Waals surface area (Å²) in [6.45, 7) is 3.82. The van der Waals surface area contributed by atoms with Crippen LogP contribution >= 0.6 is 0 Å². The minimum absolute atomic E-state index is 0.107. The van der Waals surface area contributed by atoms with Gasteiger partial charge in [-0.2, -0.15) is 8.78 Å². The van der Waals surface area contributed by atoms with E-state index >= 15 is 0 Å². The van der Waals surface area contributed by atoms with Gasteiger partial charge in [-0.25, -0.2) is 13.2 Å². The average Bonchev–Trinajstić information content (AvgIpc) is 2.75. The minimum atomic E-state index is -2.00. The topological polar surface area (TPSA) is 0 Å². The molecule has 0 unspecified atom stereocenters. The summed E-state index contributed by atoms with van der Waals surface area (Å²) in [7, 11) is 0. The smallest absolute Gasteiger partial charge is 0.206 e. The van der Waals surface area contributed by atoms with Crippen LogP contribution in [0.4, 0.5) is 22.0 Å². The molecule has 0 spiro atoms. The van der Waals surface area contributed by atoms with Gasteiger partial charge in [-0.1, -0.05) is 30.3 Å². The van der Waals surface area contributed by atoms with Crippen LogP contribution in [-0.2, 0) is 0 Å². The summed E-state index contributed by atoms with van der Waals surface area (Å²) in [6.07, 6.45) is 4.02. The van der Waals surface area contributed by atoms with Gasteiger partial charge >= 0.3 is 0 Å². The normalized spacial score (nSPS) is 18.7. The van der Waals surface area contributed by atoms with E-state index in [9.17, 15) is 22.0 Å². The third kappa shape index (κ3) is 4.27. The Hall–Kier alpha value is -2.95. The lowest BCUT2D eigenvalue weighted by Gasteiger charge is -2.27. The van der Waals surface area contributed by atoms with Crippen LogP contribution in [0.1, 0.15) is 42.7 Å². The molecule has 4 rings (SSSR count). The summed E-state index contributed by atoms with van der Waals surface area (Å²) in [5.74, 6) is -1.56. The van der Waals surface area contributed by atoms with Gasteiger partial charge in [0.25, 0.3) is 6.08 Å². The van der Waals surface area contributed by atoms with Crippen molar-refractivity contribution in [2.24, 2.45) is 5.92 Å². The summed E-state index contributed by atoms with van der Waals surface area (Å²) in [4.78, 5) is 0. The third-order valence-electron chi connectivity index (χ3n) is 6.18. The number of hydrogen-bond donors (Lipinski definition) is 0. The molecule has 3 aromatic carbocycles. The van der Waals surface area contributed by atoms with Crippen molar-refractivity contribution < 1.29 is 22.0 Å². The van der Waals surface area contributed by atoms with Crippen molar-refractivity contribution in [3.05, 3.63) is 89.8 Å². The molecule has 0 nitrogen and oxygen atoms in total. The van der Waals surface area contributed by atoms with Crippen LogP contribution in [0.2, 0.25) is 0 Å². The monoisotopic (exact) mass is 428 g/mol. The van der Waals surface area contributed by atoms with E-state index in [-0.39, 0.29) is 28.0 Å². The lowest BCUT2D eigenvalue weighted by atomic mass is 9.78. The zero-order chi connectivity index (χ0) is 22.1. The summed E-state index contributed by atoms with van der Waals surface area (Å²) in [6, 6.07) is 9.68. The Morgan fingerprint density at radius 2 is 1.55 bits per heavy atom. The zero-order valence-electron chi connectivity index (χ0n) is 16.8. The van der Waals surface area contributed by atoms with Gasteiger partial charge in [0.1, 0.15) is 17.5 Å². The van der Waals surface area contributed by atoms with E-state index in [4.69, 9.17) is 0 Å². The van der Waals surface area contributed by atoms with Crippen molar-refractivity contribution in [1.29, 1.82) is 0 Å². The quantitative estimate of drug-likeness (QED) is 0.288. The maximum Gasteiger partial charge on any atom is 0.271 e. The summed E-state index contributed by atoms with van der Waals surface area (Å²) >= 11 is 0. The fraction of sp³-hybridized carbons (Fsp3) is 0.231. The molecule has 0 N–H and O–H groups in total. The van der Waals surface area contributed by atoms with Gasteiger partial charge in [0.15, 0.2) is 0 Å². The Bertz CT molecular complexity index is 1140. The molecule has 31 heavy (non-hydrogen) atoms. The van der Waals surface area contributed by atoms with E-state index < -0.39 is 23.5 Å². The molecule has 0 aromatic heterocycles. The summed E-state index contributed by atoms with van der Waals surface area (Å²) < 4.78 is 69.4. The number of hydrogen-bond acceptors (Lipinski definition) is 0. The molecule has 0 bridgehead atoms. The fourth-order valence-electron chi connectivity index (χ4n) is 4.49. The molecule has 0 saturated heterocycles. The van der Waals surface area contributed by atoms with E-state index in [2.05, 4.69) is 6.58 Å². The lowest BCUT2D eigenvalue weighted by molar-refractivity contribution is 0.374. The van der Waals surface area contributed by atoms with E-state index in [1.807, 2.05) is 6.08 Å². The third-order valence-corrected chi connectivity index (χ3v) is 6.18. The van der Waals surface area contributed by atoms with E-state index in [0.717, 1.165) is 25.7 Å². The minimum Gasteiger partial charge on any atom is -0.206 e. The van der Waals surface area contributed by atoms with Crippen molar-refractivity contribution in [2.45, 2.75) is 31.6 Å². The Labute approximate surface area is 177 Å². The highest BCUT2D eigenvalue weighted by Crippen LogP contribution is 2.39. The molecule has 0 atom stereocenters. The van der Waals surface area contributed by atoms with E-state index in [0.29, 0.717) is 22.9 Å². The second kappa shape index (κ2) is 8.66. The lowest BCUT2D eigenvalue weighted by Crippen LogP contribution is -2.12. The van der Waals surface area contributed by atoms with Crippen LogP contribution in [0, 0.1) is 23.4 Å². The largest absolute Gasteiger partial charge is 0.271 e. The molecule has 0 heterocycles. The predicted molar refractivity (Wildman–Crippen MR) is 114 cm³/mol. The molecule has 0 aliphatic heterocycles. The molecule has 5 heteroatoms. The SMILES string of the molecule is C=CC1CCC(c2cc(F)c(-c3ccc4c(F)c(C=C(F)F)ccc4c3)c(F)c2)CC1. The van der Waals surface area contributed by atoms with Gasteiger partial charge in [-0.05, 0) is 72.2 Å². The molecule has 0 amide bonds. The Morgan fingerprint density at radius 3 is 2.16 bits per heavy atom. The maximum atomic E-state index is 15.0. The van der Waals surface area contributed by atoms with Gasteiger partial charge in [0, 0.05) is 17.0 Å². The Balaban J connectivity index is 1.69. The highest BCUT2D eigenvalue weighted by molar-refractivity contribution is 5.89. The molecule has 1 saturated carbocycles. The van der Waals surface area contributed by atoms with Crippen LogP contribution in [0.3, 0.4) is 0 Å². The maximum absolute atomic E-state index is 15.0. The van der Waals surface area contributed by atoms with Crippen molar-refractivity contribution in [1.82, 2.24) is 0 Å². The number of allylic oxidation sites excluding steroid dienone is 1. The van der Waals surface area contributed by atoms with Crippen molar-refractivity contribution in [2.75, 3.05) is 0 Å². The number of fused-ring (bicyclic) bond motifs is 1. The van der Waals surface area contributed by atoms with Crippen LogP contribution < -0.4 is 0 Å². The second-order valence-corrected chi connectivity index (χ2v) is 8.05. The first-order valence-electron chi connectivity index (χ1n) is 10.2. The molecule has 1 aliphatic carbocycles. The van der Waals surface area contributed by atoms with Gasteiger partial charge in [-0.3, -0.25) is 0 Å². The standard InChI is InChI=1S/C26H21F5/c1-2-15-3-5-16(6-4-15)20-12-22(27)25(23(28)13-20)18-9-10-21-17(11-18)7-8-19(26(21)31)14-24(29)30/h2,7-16H,1,3-6H2. The van der Waals surface area contributed by atoms with Crippen molar-refractivity contribution in [3.63, 3.8) is 0 Å². The van der Waals surface area contributed by atoms with Crippen LogP contribution in [0.5, 0.6) is 0 Å². The molecule has 160 valence electrons. The first-order valence-corrected chi connectivity index (χ1v) is 10.2. The van der Waals surface area contributed by atoms with Crippen LogP contribution in [0.25, 0.3) is 28.0 Å². The van der Waals surface area contributed by atoms with Gasteiger partial charge in [0.2, 0.25) is 0 Å². The molecular formula is C26H21F5. The average molecular weight is 428 g/mol. The van der Waals surface area contributed by atoms with Gasteiger partial charge in [0.05, 0.1) is 5.56 Å². The number of rotatable bonds is 4. The molecule has 0 radical (unpaired) electrons. The Kier molecular flexibility index (Phi) is 5.94. The molecular weight excluding hydrogens is 407 g/mol. The molecule has 3 aromatic rings. The Morgan fingerprint density at radius 1 is 0.871 bits per heavy atom. The molecule has 1 aliphatic rings.